The van der Waals surface area contributed by atoms with Crippen molar-refractivity contribution in [1.29, 1.82) is 0 Å². The lowest BCUT2D eigenvalue weighted by Crippen LogP contribution is -2.31. The molecule has 1 fully saturated rings. The van der Waals surface area contributed by atoms with E-state index < -0.39 is 0 Å². The highest BCUT2D eigenvalue weighted by Gasteiger charge is 2.28. The van der Waals surface area contributed by atoms with Crippen LogP contribution in [0.5, 0.6) is 0 Å². The summed E-state index contributed by atoms with van der Waals surface area (Å²) in [5.74, 6) is 0.968. The van der Waals surface area contributed by atoms with Crippen molar-refractivity contribution in [3.63, 3.8) is 0 Å². The largest absolute Gasteiger partial charge is 0.458 e. The number of ether oxygens (including phenoxy) is 1. The Bertz CT molecular complexity index is 372. The van der Waals surface area contributed by atoms with Crippen LogP contribution in [-0.4, -0.2) is 12.1 Å². The van der Waals surface area contributed by atoms with Crippen molar-refractivity contribution in [1.82, 2.24) is 0 Å². The zero-order valence-electron chi connectivity index (χ0n) is 10.6. The van der Waals surface area contributed by atoms with Gasteiger partial charge in [0.1, 0.15) is 6.10 Å². The molecular weight excluding hydrogens is 212 g/mol. The smallest absolute Gasteiger partial charge is 0.338 e. The monoisotopic (exact) mass is 232 g/mol. The second kappa shape index (κ2) is 5.35. The molecule has 2 heteroatoms. The lowest BCUT2D eigenvalue weighted by molar-refractivity contribution is -0.00306. The standard InChI is InChI=1S/C15H20O2/c1-11-8-9-12(2)14(10-11)17-15(16)13-6-4-3-5-7-13/h3-7,11-12,14H,8-10H2,1-2H3. The maximum Gasteiger partial charge on any atom is 0.338 e. The highest BCUT2D eigenvalue weighted by Crippen LogP contribution is 2.30. The Labute approximate surface area is 103 Å². The van der Waals surface area contributed by atoms with Crippen molar-refractivity contribution in [2.45, 2.75) is 39.2 Å². The van der Waals surface area contributed by atoms with E-state index in [1.807, 2.05) is 18.2 Å². The summed E-state index contributed by atoms with van der Waals surface area (Å²) in [6, 6.07) is 9.24. The van der Waals surface area contributed by atoms with Gasteiger partial charge in [0.15, 0.2) is 0 Å². The molecule has 0 N–H and O–H groups in total. The van der Waals surface area contributed by atoms with Crippen LogP contribution in [0.3, 0.4) is 0 Å². The SMILES string of the molecule is CC1CCC(C)C(OC(=O)c2ccccc2)C1. The molecule has 1 aromatic carbocycles. The molecule has 2 nitrogen and oxygen atoms in total. The summed E-state index contributed by atoms with van der Waals surface area (Å²) in [4.78, 5) is 11.9. The minimum atomic E-state index is -0.184. The molecule has 0 radical (unpaired) electrons. The molecule has 1 aromatic rings. The number of hydrogen-bond acceptors (Lipinski definition) is 2. The van der Waals surface area contributed by atoms with Crippen LogP contribution in [0.25, 0.3) is 0 Å². The van der Waals surface area contributed by atoms with Crippen molar-refractivity contribution in [2.24, 2.45) is 11.8 Å². The molecule has 0 heterocycles. The molecule has 1 saturated carbocycles. The maximum atomic E-state index is 11.9. The molecule has 3 unspecified atom stereocenters. The first-order valence-corrected chi connectivity index (χ1v) is 6.43. The summed E-state index contributed by atoms with van der Waals surface area (Å²) in [5.41, 5.74) is 0.651. The van der Waals surface area contributed by atoms with Crippen LogP contribution in [0.2, 0.25) is 0 Å². The molecular formula is C15H20O2. The fourth-order valence-electron chi connectivity index (χ4n) is 2.42. The molecule has 3 atom stereocenters. The van der Waals surface area contributed by atoms with Gasteiger partial charge in [0, 0.05) is 0 Å². The zero-order chi connectivity index (χ0) is 12.3. The normalized spacial score (nSPS) is 28.7. The Morgan fingerprint density at radius 3 is 2.59 bits per heavy atom. The molecule has 17 heavy (non-hydrogen) atoms. The summed E-state index contributed by atoms with van der Waals surface area (Å²) in [6.45, 7) is 4.41. The maximum absolute atomic E-state index is 11.9. The first kappa shape index (κ1) is 12.2. The first-order valence-electron chi connectivity index (χ1n) is 6.43. The summed E-state index contributed by atoms with van der Waals surface area (Å²) in [6.07, 6.45) is 3.50. The van der Waals surface area contributed by atoms with Crippen LogP contribution in [0.15, 0.2) is 30.3 Å². The van der Waals surface area contributed by atoms with Gasteiger partial charge >= 0.3 is 5.97 Å². The summed E-state index contributed by atoms with van der Waals surface area (Å²) >= 11 is 0. The van der Waals surface area contributed by atoms with Crippen LogP contribution < -0.4 is 0 Å². The molecule has 0 amide bonds. The summed E-state index contributed by atoms with van der Waals surface area (Å²) < 4.78 is 5.62. The van der Waals surface area contributed by atoms with Gasteiger partial charge in [-0.15, -0.1) is 0 Å². The molecule has 0 bridgehead atoms. The molecule has 1 aliphatic carbocycles. The number of hydrogen-bond donors (Lipinski definition) is 0. The Kier molecular flexibility index (Phi) is 3.82. The van der Waals surface area contributed by atoms with E-state index in [-0.39, 0.29) is 12.1 Å². The van der Waals surface area contributed by atoms with Crippen LogP contribution in [0.1, 0.15) is 43.5 Å². The molecule has 2 rings (SSSR count). The highest BCUT2D eigenvalue weighted by atomic mass is 16.5. The quantitative estimate of drug-likeness (QED) is 0.727. The number of carbonyl (C=O) groups is 1. The predicted octanol–water partition coefficient (Wildman–Crippen LogP) is 3.67. The van der Waals surface area contributed by atoms with Crippen LogP contribution in [-0.2, 0) is 4.74 Å². The predicted molar refractivity (Wildman–Crippen MR) is 67.8 cm³/mol. The second-order valence-electron chi connectivity index (χ2n) is 5.21. The topological polar surface area (TPSA) is 26.3 Å². The lowest BCUT2D eigenvalue weighted by Gasteiger charge is -2.32. The van der Waals surface area contributed by atoms with Gasteiger partial charge in [-0.3, -0.25) is 0 Å². The zero-order valence-corrected chi connectivity index (χ0v) is 10.6. The summed E-state index contributed by atoms with van der Waals surface area (Å²) in [5, 5.41) is 0. The van der Waals surface area contributed by atoms with E-state index >= 15 is 0 Å². The third-order valence-electron chi connectivity index (χ3n) is 3.65. The molecule has 0 aromatic heterocycles. The van der Waals surface area contributed by atoms with Gasteiger partial charge in [-0.2, -0.15) is 0 Å². The Morgan fingerprint density at radius 2 is 1.88 bits per heavy atom. The van der Waals surface area contributed by atoms with E-state index in [0.29, 0.717) is 17.4 Å². The van der Waals surface area contributed by atoms with Gasteiger partial charge in [0.25, 0.3) is 0 Å². The van der Waals surface area contributed by atoms with Gasteiger partial charge in [-0.1, -0.05) is 38.5 Å². The van der Waals surface area contributed by atoms with E-state index in [4.69, 9.17) is 4.74 Å². The van der Waals surface area contributed by atoms with E-state index in [1.54, 1.807) is 12.1 Å². The van der Waals surface area contributed by atoms with E-state index in [0.717, 1.165) is 12.8 Å². The summed E-state index contributed by atoms with van der Waals surface area (Å²) in [7, 11) is 0. The highest BCUT2D eigenvalue weighted by molar-refractivity contribution is 5.89. The third-order valence-corrected chi connectivity index (χ3v) is 3.65. The Hall–Kier alpha value is -1.31. The second-order valence-corrected chi connectivity index (χ2v) is 5.21. The van der Waals surface area contributed by atoms with Crippen molar-refractivity contribution in [2.75, 3.05) is 0 Å². The van der Waals surface area contributed by atoms with Crippen LogP contribution >= 0.6 is 0 Å². The first-order chi connectivity index (χ1) is 8.16. The van der Waals surface area contributed by atoms with Gasteiger partial charge in [0.2, 0.25) is 0 Å². The fourth-order valence-corrected chi connectivity index (χ4v) is 2.42. The number of esters is 1. The van der Waals surface area contributed by atoms with Gasteiger partial charge < -0.3 is 4.74 Å². The van der Waals surface area contributed by atoms with E-state index in [2.05, 4.69) is 13.8 Å². The minimum Gasteiger partial charge on any atom is -0.458 e. The minimum absolute atomic E-state index is 0.0893. The van der Waals surface area contributed by atoms with Gasteiger partial charge in [-0.25, -0.2) is 4.79 Å². The number of benzene rings is 1. The van der Waals surface area contributed by atoms with Gasteiger partial charge in [0.05, 0.1) is 5.56 Å². The van der Waals surface area contributed by atoms with E-state index in [9.17, 15) is 4.79 Å². The van der Waals surface area contributed by atoms with Crippen molar-refractivity contribution in [3.05, 3.63) is 35.9 Å². The molecule has 1 aliphatic rings. The average molecular weight is 232 g/mol. The van der Waals surface area contributed by atoms with E-state index in [1.165, 1.54) is 6.42 Å². The molecule has 0 spiro atoms. The van der Waals surface area contributed by atoms with Crippen molar-refractivity contribution < 1.29 is 9.53 Å². The van der Waals surface area contributed by atoms with Crippen molar-refractivity contribution >= 4 is 5.97 Å². The Balaban J connectivity index is 1.98. The number of carbonyl (C=O) groups excluding carboxylic acids is 1. The third kappa shape index (κ3) is 3.09. The fraction of sp³-hybridized carbons (Fsp3) is 0.533. The molecule has 92 valence electrons. The molecule has 0 aliphatic heterocycles. The molecule has 0 saturated heterocycles. The van der Waals surface area contributed by atoms with Crippen molar-refractivity contribution in [3.8, 4) is 0 Å². The average Bonchev–Trinajstić information content (AvgIpc) is 2.35. The van der Waals surface area contributed by atoms with Crippen LogP contribution in [0, 0.1) is 11.8 Å². The Morgan fingerprint density at radius 1 is 1.18 bits per heavy atom. The van der Waals surface area contributed by atoms with Gasteiger partial charge in [-0.05, 0) is 36.8 Å². The lowest BCUT2D eigenvalue weighted by atomic mass is 9.81. The van der Waals surface area contributed by atoms with Crippen LogP contribution in [0.4, 0.5) is 0 Å². The number of rotatable bonds is 2.